The fourth-order valence-corrected chi connectivity index (χ4v) is 5.04. The number of halogens is 1. The highest BCUT2D eigenvalue weighted by atomic mass is 35.5. The molecule has 3 aliphatic rings. The summed E-state index contributed by atoms with van der Waals surface area (Å²) in [6, 6.07) is 0.320. The van der Waals surface area contributed by atoms with Gasteiger partial charge in [0.15, 0.2) is 5.82 Å². The summed E-state index contributed by atoms with van der Waals surface area (Å²) in [6.45, 7) is 5.13. The number of nitrogens with one attached hydrogen (secondary N) is 1. The van der Waals surface area contributed by atoms with Gasteiger partial charge in [0.25, 0.3) is 0 Å². The van der Waals surface area contributed by atoms with Gasteiger partial charge in [-0.15, -0.1) is 12.4 Å². The molecule has 1 aromatic rings. The lowest BCUT2D eigenvalue weighted by molar-refractivity contribution is -0.128. The van der Waals surface area contributed by atoms with E-state index in [1.54, 1.807) is 0 Å². The van der Waals surface area contributed by atoms with Crippen LogP contribution in [-0.4, -0.2) is 26.7 Å². The molecule has 2 heterocycles. The molecule has 0 radical (unpaired) electrons. The summed E-state index contributed by atoms with van der Waals surface area (Å²) in [7, 11) is 0. The van der Waals surface area contributed by atoms with Crippen LogP contribution in [0.2, 0.25) is 0 Å². The van der Waals surface area contributed by atoms with Crippen molar-refractivity contribution in [3.63, 3.8) is 0 Å². The number of hydrogen-bond acceptors (Lipinski definition) is 4. The van der Waals surface area contributed by atoms with Crippen molar-refractivity contribution in [2.24, 2.45) is 23.5 Å². The van der Waals surface area contributed by atoms with E-state index in [0.717, 1.165) is 43.9 Å². The fraction of sp³-hybridized carbons (Fsp3) is 0.842. The van der Waals surface area contributed by atoms with Crippen LogP contribution in [0, 0.1) is 17.8 Å². The van der Waals surface area contributed by atoms with Crippen LogP contribution < -0.4 is 11.1 Å². The topological polar surface area (TPSA) is 85.8 Å². The largest absolute Gasteiger partial charge is 0.346 e. The van der Waals surface area contributed by atoms with Gasteiger partial charge in [-0.25, -0.2) is 9.67 Å². The number of fused-ring (bicyclic) bond motifs is 3. The van der Waals surface area contributed by atoms with Gasteiger partial charge < -0.3 is 11.1 Å². The lowest BCUT2D eigenvalue weighted by Gasteiger charge is -2.43. The molecule has 0 aromatic carbocycles. The van der Waals surface area contributed by atoms with E-state index < -0.39 is 0 Å². The van der Waals surface area contributed by atoms with Crippen molar-refractivity contribution in [3.05, 3.63) is 11.6 Å². The van der Waals surface area contributed by atoms with Crippen LogP contribution in [0.3, 0.4) is 0 Å². The Morgan fingerprint density at radius 3 is 2.54 bits per heavy atom. The summed E-state index contributed by atoms with van der Waals surface area (Å²) in [5.41, 5.74) is 6.37. The van der Waals surface area contributed by atoms with Crippen LogP contribution in [0.1, 0.15) is 82.4 Å². The first-order chi connectivity index (χ1) is 12.0. The van der Waals surface area contributed by atoms with Crippen LogP contribution >= 0.6 is 12.4 Å². The third kappa shape index (κ3) is 3.63. The Labute approximate surface area is 162 Å². The van der Waals surface area contributed by atoms with Crippen molar-refractivity contribution in [3.8, 4) is 0 Å². The smallest absolute Gasteiger partial charge is 0.223 e. The first kappa shape index (κ1) is 19.6. The summed E-state index contributed by atoms with van der Waals surface area (Å²) in [5, 5.41) is 7.91. The van der Waals surface area contributed by atoms with Crippen molar-refractivity contribution in [2.45, 2.75) is 83.3 Å². The maximum absolute atomic E-state index is 12.9. The SMILES string of the molecule is CC(C)c1nc2n(n1)CCCC2NC(=O)C1CC2CCCC(C1)C2N.Cl. The van der Waals surface area contributed by atoms with Gasteiger partial charge in [-0.2, -0.15) is 5.10 Å². The summed E-state index contributed by atoms with van der Waals surface area (Å²) in [4.78, 5) is 17.7. The Balaban J connectivity index is 0.00000196. The zero-order valence-corrected chi connectivity index (χ0v) is 16.7. The minimum Gasteiger partial charge on any atom is -0.346 e. The van der Waals surface area contributed by atoms with E-state index in [2.05, 4.69) is 24.3 Å². The van der Waals surface area contributed by atoms with Gasteiger partial charge in [0.1, 0.15) is 5.82 Å². The van der Waals surface area contributed by atoms with Crippen molar-refractivity contribution in [1.82, 2.24) is 20.1 Å². The maximum atomic E-state index is 12.9. The molecule has 1 amide bonds. The third-order valence-electron chi connectivity index (χ3n) is 6.51. The molecule has 3 unspecified atom stereocenters. The molecule has 4 rings (SSSR count). The third-order valence-corrected chi connectivity index (χ3v) is 6.51. The first-order valence-electron chi connectivity index (χ1n) is 10.0. The van der Waals surface area contributed by atoms with Crippen molar-refractivity contribution >= 4 is 18.3 Å². The minimum absolute atomic E-state index is 0. The number of carbonyl (C=O) groups is 1. The van der Waals surface area contributed by atoms with Crippen molar-refractivity contribution in [2.75, 3.05) is 0 Å². The predicted octanol–water partition coefficient (Wildman–Crippen LogP) is 2.93. The molecule has 1 aromatic heterocycles. The van der Waals surface area contributed by atoms with Crippen LogP contribution in [0.15, 0.2) is 0 Å². The molecule has 2 saturated carbocycles. The molecule has 26 heavy (non-hydrogen) atoms. The molecular weight excluding hydrogens is 350 g/mol. The molecule has 2 bridgehead atoms. The quantitative estimate of drug-likeness (QED) is 0.842. The Hall–Kier alpha value is -1.14. The van der Waals surface area contributed by atoms with Gasteiger partial charge in [-0.05, 0) is 50.4 Å². The number of nitrogens with two attached hydrogens (primary N) is 1. The highest BCUT2D eigenvalue weighted by Gasteiger charge is 2.41. The summed E-state index contributed by atoms with van der Waals surface area (Å²) >= 11 is 0. The van der Waals surface area contributed by atoms with Crippen LogP contribution in [0.5, 0.6) is 0 Å². The summed E-state index contributed by atoms with van der Waals surface area (Å²) in [5.74, 6) is 3.53. The zero-order chi connectivity index (χ0) is 17.6. The van der Waals surface area contributed by atoms with E-state index >= 15 is 0 Å². The zero-order valence-electron chi connectivity index (χ0n) is 15.9. The second-order valence-corrected chi connectivity index (χ2v) is 8.61. The Kier molecular flexibility index (Phi) is 5.92. The second kappa shape index (κ2) is 7.85. The standard InChI is InChI=1S/C19H31N5O.ClH/c1-11(2)17-22-18-15(7-4-8-24(18)23-17)21-19(25)14-9-12-5-3-6-13(10-14)16(12)20;/h11-16H,3-10,20H2,1-2H3,(H,21,25);1H. The summed E-state index contributed by atoms with van der Waals surface area (Å²) in [6.07, 6.45) is 7.58. The molecular formula is C19H32ClN5O. The molecule has 3 atom stereocenters. The number of aryl methyl sites for hydroxylation is 1. The average molecular weight is 382 g/mol. The molecule has 1 aliphatic heterocycles. The minimum atomic E-state index is 0. The van der Waals surface area contributed by atoms with E-state index in [4.69, 9.17) is 10.7 Å². The Morgan fingerprint density at radius 2 is 1.88 bits per heavy atom. The number of carbonyl (C=O) groups excluding carboxylic acids is 1. The number of rotatable bonds is 3. The molecule has 0 spiro atoms. The van der Waals surface area contributed by atoms with Crippen molar-refractivity contribution < 1.29 is 4.79 Å². The molecule has 2 fully saturated rings. The predicted molar refractivity (Wildman–Crippen MR) is 103 cm³/mol. The number of nitrogens with zero attached hydrogens (tertiary/aromatic N) is 3. The number of amides is 1. The van der Waals surface area contributed by atoms with Gasteiger partial charge in [-0.3, -0.25) is 4.79 Å². The lowest BCUT2D eigenvalue weighted by Crippen LogP contribution is -2.49. The van der Waals surface area contributed by atoms with Gasteiger partial charge in [-0.1, -0.05) is 20.3 Å². The molecule has 3 N–H and O–H groups in total. The summed E-state index contributed by atoms with van der Waals surface area (Å²) < 4.78 is 2.00. The number of aromatic nitrogens is 3. The van der Waals surface area contributed by atoms with Crippen LogP contribution in [-0.2, 0) is 11.3 Å². The van der Waals surface area contributed by atoms with Crippen molar-refractivity contribution in [1.29, 1.82) is 0 Å². The fourth-order valence-electron chi connectivity index (χ4n) is 5.04. The van der Waals surface area contributed by atoms with Gasteiger partial charge >= 0.3 is 0 Å². The van der Waals surface area contributed by atoms with Gasteiger partial charge in [0.2, 0.25) is 5.91 Å². The normalized spacial score (nSPS) is 33.3. The maximum Gasteiger partial charge on any atom is 0.223 e. The van der Waals surface area contributed by atoms with E-state index in [1.807, 2.05) is 4.68 Å². The molecule has 0 saturated heterocycles. The van der Waals surface area contributed by atoms with E-state index in [1.165, 1.54) is 19.3 Å². The van der Waals surface area contributed by atoms with E-state index in [0.29, 0.717) is 23.8 Å². The van der Waals surface area contributed by atoms with E-state index in [-0.39, 0.29) is 30.3 Å². The molecule has 6 nitrogen and oxygen atoms in total. The van der Waals surface area contributed by atoms with Crippen LogP contribution in [0.4, 0.5) is 0 Å². The monoisotopic (exact) mass is 381 g/mol. The molecule has 2 aliphatic carbocycles. The van der Waals surface area contributed by atoms with Gasteiger partial charge in [0, 0.05) is 24.4 Å². The lowest BCUT2D eigenvalue weighted by atomic mass is 9.65. The Morgan fingerprint density at radius 1 is 1.19 bits per heavy atom. The highest BCUT2D eigenvalue weighted by Crippen LogP contribution is 2.42. The Bertz CT molecular complexity index is 632. The van der Waals surface area contributed by atoms with Gasteiger partial charge in [0.05, 0.1) is 6.04 Å². The highest BCUT2D eigenvalue weighted by molar-refractivity contribution is 5.85. The molecule has 7 heteroatoms. The van der Waals surface area contributed by atoms with E-state index in [9.17, 15) is 4.79 Å². The second-order valence-electron chi connectivity index (χ2n) is 8.61. The number of hydrogen-bond donors (Lipinski definition) is 2. The van der Waals surface area contributed by atoms with Crippen LogP contribution in [0.25, 0.3) is 0 Å². The molecule has 146 valence electrons. The average Bonchev–Trinajstić information content (AvgIpc) is 3.00. The first-order valence-corrected chi connectivity index (χ1v) is 10.0.